The van der Waals surface area contributed by atoms with E-state index in [1.165, 1.54) is 29.5 Å². The zero-order valence-corrected chi connectivity index (χ0v) is 12.7. The molecule has 0 aliphatic carbocycles. The average Bonchev–Trinajstić information content (AvgIpc) is 2.40. The fraction of sp³-hybridized carbons (Fsp3) is 0.647. The Bertz CT molecular complexity index is 412. The quantitative estimate of drug-likeness (QED) is 0.891. The van der Waals surface area contributed by atoms with Crippen LogP contribution in [-0.2, 0) is 4.74 Å². The molecule has 1 heterocycles. The number of nitrogens with one attached hydrogen (secondary N) is 1. The molecule has 0 radical (unpaired) electrons. The van der Waals surface area contributed by atoms with E-state index in [0.717, 1.165) is 13.1 Å². The fourth-order valence-electron chi connectivity index (χ4n) is 3.13. The van der Waals surface area contributed by atoms with Gasteiger partial charge in [0.05, 0.1) is 12.2 Å². The number of benzene rings is 1. The SMILES string of the molecule is CCC(CC)C1CNCC(c2ccc(C)cc2C)O1. The molecule has 2 atom stereocenters. The van der Waals surface area contributed by atoms with E-state index in [2.05, 4.69) is 51.2 Å². The molecule has 2 rings (SSSR count). The molecule has 1 saturated heterocycles. The second kappa shape index (κ2) is 6.53. The van der Waals surface area contributed by atoms with Crippen molar-refractivity contribution in [3.63, 3.8) is 0 Å². The van der Waals surface area contributed by atoms with Crippen molar-refractivity contribution < 1.29 is 4.74 Å². The molecule has 1 aliphatic heterocycles. The third kappa shape index (κ3) is 3.37. The first kappa shape index (κ1) is 14.5. The highest BCUT2D eigenvalue weighted by Gasteiger charge is 2.28. The Hall–Kier alpha value is -0.860. The van der Waals surface area contributed by atoms with E-state index < -0.39 is 0 Å². The van der Waals surface area contributed by atoms with Gasteiger partial charge < -0.3 is 10.1 Å². The minimum Gasteiger partial charge on any atom is -0.367 e. The molecule has 0 amide bonds. The molecule has 106 valence electrons. The fourth-order valence-corrected chi connectivity index (χ4v) is 3.13. The first-order chi connectivity index (χ1) is 9.15. The van der Waals surface area contributed by atoms with Gasteiger partial charge in [-0.05, 0) is 30.9 Å². The Labute approximate surface area is 117 Å². The Morgan fingerprint density at radius 1 is 1.21 bits per heavy atom. The van der Waals surface area contributed by atoms with Crippen LogP contribution in [0.1, 0.15) is 49.5 Å². The van der Waals surface area contributed by atoms with E-state index in [1.807, 2.05) is 0 Å². The van der Waals surface area contributed by atoms with Gasteiger partial charge in [-0.3, -0.25) is 0 Å². The van der Waals surface area contributed by atoms with Crippen LogP contribution in [0.2, 0.25) is 0 Å². The Morgan fingerprint density at radius 2 is 1.95 bits per heavy atom. The lowest BCUT2D eigenvalue weighted by Gasteiger charge is -2.36. The summed E-state index contributed by atoms with van der Waals surface area (Å²) in [6.07, 6.45) is 2.96. The van der Waals surface area contributed by atoms with Crippen LogP contribution in [0.25, 0.3) is 0 Å². The van der Waals surface area contributed by atoms with Gasteiger partial charge in [0.2, 0.25) is 0 Å². The largest absolute Gasteiger partial charge is 0.367 e. The van der Waals surface area contributed by atoms with E-state index >= 15 is 0 Å². The molecule has 1 aromatic carbocycles. The number of morpholine rings is 1. The van der Waals surface area contributed by atoms with Gasteiger partial charge in [-0.15, -0.1) is 0 Å². The molecule has 0 bridgehead atoms. The first-order valence-corrected chi connectivity index (χ1v) is 7.59. The normalized spacial score (nSPS) is 23.8. The van der Waals surface area contributed by atoms with Crippen molar-refractivity contribution in [2.45, 2.75) is 52.7 Å². The zero-order valence-electron chi connectivity index (χ0n) is 12.7. The van der Waals surface area contributed by atoms with Gasteiger partial charge in [0.1, 0.15) is 0 Å². The summed E-state index contributed by atoms with van der Waals surface area (Å²) in [7, 11) is 0. The van der Waals surface area contributed by atoms with Crippen molar-refractivity contribution in [2.75, 3.05) is 13.1 Å². The lowest BCUT2D eigenvalue weighted by molar-refractivity contribution is -0.0690. The molecule has 1 aliphatic rings. The highest BCUT2D eigenvalue weighted by atomic mass is 16.5. The molecule has 0 spiro atoms. The van der Waals surface area contributed by atoms with Crippen molar-refractivity contribution >= 4 is 0 Å². The van der Waals surface area contributed by atoms with Crippen LogP contribution >= 0.6 is 0 Å². The number of rotatable bonds is 4. The summed E-state index contributed by atoms with van der Waals surface area (Å²) >= 11 is 0. The summed E-state index contributed by atoms with van der Waals surface area (Å²) in [5, 5.41) is 3.55. The third-order valence-corrected chi connectivity index (χ3v) is 4.36. The molecular formula is C17H27NO. The van der Waals surface area contributed by atoms with Crippen molar-refractivity contribution in [1.29, 1.82) is 0 Å². The molecule has 1 N–H and O–H groups in total. The van der Waals surface area contributed by atoms with Gasteiger partial charge in [-0.1, -0.05) is 50.5 Å². The third-order valence-electron chi connectivity index (χ3n) is 4.36. The first-order valence-electron chi connectivity index (χ1n) is 7.59. The second-order valence-corrected chi connectivity index (χ2v) is 5.76. The van der Waals surface area contributed by atoms with E-state index in [4.69, 9.17) is 4.74 Å². The Kier molecular flexibility index (Phi) is 5.00. The standard InChI is InChI=1S/C17H27NO/c1-5-14(6-2)16-10-18-11-17(19-16)15-8-7-12(3)9-13(15)4/h7-9,14,16-18H,5-6,10-11H2,1-4H3. The summed E-state index contributed by atoms with van der Waals surface area (Å²) < 4.78 is 6.37. The molecule has 2 unspecified atom stereocenters. The number of ether oxygens (including phenoxy) is 1. The Balaban J connectivity index is 2.12. The van der Waals surface area contributed by atoms with E-state index in [1.54, 1.807) is 0 Å². The molecule has 0 saturated carbocycles. The van der Waals surface area contributed by atoms with Gasteiger partial charge >= 0.3 is 0 Å². The van der Waals surface area contributed by atoms with Gasteiger partial charge in [0, 0.05) is 13.1 Å². The predicted molar refractivity (Wildman–Crippen MR) is 80.5 cm³/mol. The minimum atomic E-state index is 0.208. The van der Waals surface area contributed by atoms with Gasteiger partial charge in [0.25, 0.3) is 0 Å². The van der Waals surface area contributed by atoms with Crippen LogP contribution in [-0.4, -0.2) is 19.2 Å². The molecule has 1 aromatic rings. The highest BCUT2D eigenvalue weighted by molar-refractivity contribution is 5.32. The van der Waals surface area contributed by atoms with Crippen molar-refractivity contribution in [1.82, 2.24) is 5.32 Å². The van der Waals surface area contributed by atoms with Crippen molar-refractivity contribution in [3.8, 4) is 0 Å². The van der Waals surface area contributed by atoms with Crippen molar-refractivity contribution in [3.05, 3.63) is 34.9 Å². The molecule has 1 fully saturated rings. The van der Waals surface area contributed by atoms with Crippen molar-refractivity contribution in [2.24, 2.45) is 5.92 Å². The van der Waals surface area contributed by atoms with E-state index in [-0.39, 0.29) is 6.10 Å². The number of hydrogen-bond acceptors (Lipinski definition) is 2. The summed E-state index contributed by atoms with van der Waals surface area (Å²) in [5.74, 6) is 0.668. The molecule has 19 heavy (non-hydrogen) atoms. The summed E-state index contributed by atoms with van der Waals surface area (Å²) in [6, 6.07) is 6.66. The minimum absolute atomic E-state index is 0.208. The van der Waals surface area contributed by atoms with Gasteiger partial charge in [-0.2, -0.15) is 0 Å². The van der Waals surface area contributed by atoms with E-state index in [0.29, 0.717) is 12.0 Å². The zero-order chi connectivity index (χ0) is 13.8. The maximum Gasteiger partial charge on any atom is 0.0956 e. The van der Waals surface area contributed by atoms with Crippen LogP contribution in [0.15, 0.2) is 18.2 Å². The molecular weight excluding hydrogens is 234 g/mol. The molecule has 2 heteroatoms. The van der Waals surface area contributed by atoms with Gasteiger partial charge in [-0.25, -0.2) is 0 Å². The number of hydrogen-bond donors (Lipinski definition) is 1. The van der Waals surface area contributed by atoms with Gasteiger partial charge in [0.15, 0.2) is 0 Å². The topological polar surface area (TPSA) is 21.3 Å². The average molecular weight is 261 g/mol. The highest BCUT2D eigenvalue weighted by Crippen LogP contribution is 2.29. The Morgan fingerprint density at radius 3 is 2.58 bits per heavy atom. The molecule has 2 nitrogen and oxygen atoms in total. The lowest BCUT2D eigenvalue weighted by Crippen LogP contribution is -2.44. The maximum atomic E-state index is 6.37. The smallest absolute Gasteiger partial charge is 0.0956 e. The van der Waals surface area contributed by atoms with E-state index in [9.17, 15) is 0 Å². The lowest BCUT2D eigenvalue weighted by atomic mass is 9.93. The maximum absolute atomic E-state index is 6.37. The number of aryl methyl sites for hydroxylation is 2. The van der Waals surface area contributed by atoms with Crippen LogP contribution < -0.4 is 5.32 Å². The van der Waals surface area contributed by atoms with Crippen LogP contribution in [0.4, 0.5) is 0 Å². The second-order valence-electron chi connectivity index (χ2n) is 5.76. The van der Waals surface area contributed by atoms with Crippen LogP contribution in [0.5, 0.6) is 0 Å². The van der Waals surface area contributed by atoms with Crippen LogP contribution in [0.3, 0.4) is 0 Å². The summed E-state index contributed by atoms with van der Waals surface area (Å²) in [4.78, 5) is 0. The predicted octanol–water partition coefficient (Wildman–Crippen LogP) is 3.77. The summed E-state index contributed by atoms with van der Waals surface area (Å²) in [6.45, 7) is 10.8. The van der Waals surface area contributed by atoms with Crippen LogP contribution in [0, 0.1) is 19.8 Å². The monoisotopic (exact) mass is 261 g/mol. The summed E-state index contributed by atoms with van der Waals surface area (Å²) in [5.41, 5.74) is 4.01. The molecule has 0 aromatic heterocycles.